The Morgan fingerprint density at radius 1 is 1.12 bits per heavy atom. The first kappa shape index (κ1) is 29.1. The summed E-state index contributed by atoms with van der Waals surface area (Å²) < 4.78 is 1.95. The number of nitro groups is 1. The summed E-state index contributed by atoms with van der Waals surface area (Å²) in [7, 11) is 0. The van der Waals surface area contributed by atoms with Crippen LogP contribution in [0.5, 0.6) is 0 Å². The number of nitrogens with zero attached hydrogens (tertiary/aromatic N) is 4. The standard InChI is InChI=1S/C26H30Cl2N8O4/c27-17-2-3-18(20(28)12-17)19-13-35(9-1-8-31-23-5-4-22(36(39)40)25(29)33-23)14-21(19)32-24(37)15-34-10-6-16(7-11-34)26(30)38/h2-5,12-14,16H,1,6-11,15H2,(H2,30,38)(H,32,37)(H3,29,31,33). The third-order valence-electron chi connectivity index (χ3n) is 6.73. The number of amides is 2. The molecule has 2 aromatic heterocycles. The van der Waals surface area contributed by atoms with Crippen LogP contribution in [0.4, 0.5) is 23.0 Å². The third kappa shape index (κ3) is 7.40. The summed E-state index contributed by atoms with van der Waals surface area (Å²) in [6, 6.07) is 8.02. The molecular formula is C26H30Cl2N8O4. The number of nitrogens with two attached hydrogens (primary N) is 2. The van der Waals surface area contributed by atoms with Crippen molar-refractivity contribution in [3.8, 4) is 11.1 Å². The minimum Gasteiger partial charge on any atom is -0.378 e. The van der Waals surface area contributed by atoms with Gasteiger partial charge >= 0.3 is 5.69 Å². The highest BCUT2D eigenvalue weighted by atomic mass is 35.5. The summed E-state index contributed by atoms with van der Waals surface area (Å²) in [4.78, 5) is 40.8. The van der Waals surface area contributed by atoms with E-state index in [9.17, 15) is 19.7 Å². The smallest absolute Gasteiger partial charge is 0.311 e. The van der Waals surface area contributed by atoms with Crippen LogP contribution in [0.2, 0.25) is 10.0 Å². The normalized spacial score (nSPS) is 14.2. The molecule has 212 valence electrons. The van der Waals surface area contributed by atoms with Crippen LogP contribution in [0.25, 0.3) is 11.1 Å². The van der Waals surface area contributed by atoms with E-state index < -0.39 is 4.92 Å². The number of aromatic nitrogens is 2. The second kappa shape index (κ2) is 13.0. The summed E-state index contributed by atoms with van der Waals surface area (Å²) >= 11 is 12.6. The minimum absolute atomic E-state index is 0.143. The molecule has 1 aliphatic rings. The first-order valence-electron chi connectivity index (χ1n) is 12.7. The Hall–Kier alpha value is -3.87. The van der Waals surface area contributed by atoms with E-state index in [2.05, 4.69) is 15.6 Å². The van der Waals surface area contributed by atoms with Crippen molar-refractivity contribution in [2.45, 2.75) is 25.8 Å². The van der Waals surface area contributed by atoms with Gasteiger partial charge in [-0.15, -0.1) is 0 Å². The zero-order chi connectivity index (χ0) is 28.8. The van der Waals surface area contributed by atoms with E-state index in [1.54, 1.807) is 18.2 Å². The Morgan fingerprint density at radius 2 is 1.88 bits per heavy atom. The largest absolute Gasteiger partial charge is 0.378 e. The van der Waals surface area contributed by atoms with E-state index in [0.717, 1.165) is 11.1 Å². The van der Waals surface area contributed by atoms with Crippen LogP contribution in [0.3, 0.4) is 0 Å². The average Bonchev–Trinajstić information content (AvgIpc) is 3.28. The summed E-state index contributed by atoms with van der Waals surface area (Å²) in [6.07, 6.45) is 5.72. The van der Waals surface area contributed by atoms with Gasteiger partial charge in [0.15, 0.2) is 0 Å². The highest BCUT2D eigenvalue weighted by Crippen LogP contribution is 2.36. The zero-order valence-electron chi connectivity index (χ0n) is 21.6. The number of anilines is 3. The number of carbonyl (C=O) groups is 2. The third-order valence-corrected chi connectivity index (χ3v) is 7.28. The molecule has 1 aromatic carbocycles. The van der Waals surface area contributed by atoms with Crippen molar-refractivity contribution in [3.05, 3.63) is 62.9 Å². The number of likely N-dealkylation sites (tertiary alicyclic amines) is 1. The molecule has 3 aromatic rings. The van der Waals surface area contributed by atoms with E-state index in [-0.39, 0.29) is 35.8 Å². The number of nitrogens with one attached hydrogen (secondary N) is 2. The number of primary amides is 1. The monoisotopic (exact) mass is 588 g/mol. The van der Waals surface area contributed by atoms with Crippen molar-refractivity contribution in [2.75, 3.05) is 42.5 Å². The molecule has 1 aliphatic heterocycles. The molecule has 2 amide bonds. The van der Waals surface area contributed by atoms with E-state index >= 15 is 0 Å². The number of hydrogen-bond acceptors (Lipinski definition) is 8. The lowest BCUT2D eigenvalue weighted by Crippen LogP contribution is -2.42. The molecule has 1 fully saturated rings. The van der Waals surface area contributed by atoms with Gasteiger partial charge in [0.2, 0.25) is 17.6 Å². The molecule has 40 heavy (non-hydrogen) atoms. The average molecular weight is 589 g/mol. The fourth-order valence-electron chi connectivity index (χ4n) is 4.63. The molecule has 12 nitrogen and oxygen atoms in total. The Kier molecular flexibility index (Phi) is 9.46. The van der Waals surface area contributed by atoms with Crippen LogP contribution in [0, 0.1) is 16.0 Å². The van der Waals surface area contributed by atoms with E-state index in [0.29, 0.717) is 67.0 Å². The van der Waals surface area contributed by atoms with Crippen LogP contribution in [-0.4, -0.2) is 57.4 Å². The number of pyridine rings is 1. The van der Waals surface area contributed by atoms with Gasteiger partial charge in [0, 0.05) is 53.6 Å². The summed E-state index contributed by atoms with van der Waals surface area (Å²) in [5, 5.41) is 18.0. The van der Waals surface area contributed by atoms with E-state index in [4.69, 9.17) is 34.7 Å². The summed E-state index contributed by atoms with van der Waals surface area (Å²) in [5.74, 6) is -0.321. The Bertz CT molecular complexity index is 1410. The Balaban J connectivity index is 1.41. The molecule has 0 radical (unpaired) electrons. The predicted octanol–water partition coefficient (Wildman–Crippen LogP) is 3.99. The van der Waals surface area contributed by atoms with Crippen LogP contribution in [0.15, 0.2) is 42.7 Å². The van der Waals surface area contributed by atoms with Gasteiger partial charge in [-0.2, -0.15) is 0 Å². The number of halogens is 2. The molecule has 0 aliphatic carbocycles. The van der Waals surface area contributed by atoms with Crippen molar-refractivity contribution in [1.29, 1.82) is 0 Å². The predicted molar refractivity (Wildman–Crippen MR) is 155 cm³/mol. The molecule has 1 saturated heterocycles. The van der Waals surface area contributed by atoms with Gasteiger partial charge in [0.1, 0.15) is 5.82 Å². The SMILES string of the molecule is NC(=O)C1CCN(CC(=O)Nc2cn(CCCNc3ccc([N+](=O)[O-])c(N)n3)cc2-c2ccc(Cl)cc2Cl)CC1. The second-order valence-corrected chi connectivity index (χ2v) is 10.4. The number of aryl methyl sites for hydroxylation is 1. The van der Waals surface area contributed by atoms with Gasteiger partial charge in [0.05, 0.1) is 22.2 Å². The maximum atomic E-state index is 13.0. The van der Waals surface area contributed by atoms with E-state index in [1.807, 2.05) is 21.9 Å². The maximum Gasteiger partial charge on any atom is 0.311 e. The number of hydrogen-bond donors (Lipinski definition) is 4. The number of carbonyl (C=O) groups excluding carboxylic acids is 2. The maximum absolute atomic E-state index is 13.0. The van der Waals surface area contributed by atoms with Crippen molar-refractivity contribution in [2.24, 2.45) is 11.7 Å². The van der Waals surface area contributed by atoms with E-state index in [1.165, 1.54) is 12.1 Å². The number of benzene rings is 1. The van der Waals surface area contributed by atoms with Gasteiger partial charge in [-0.25, -0.2) is 4.98 Å². The topological polar surface area (TPSA) is 174 Å². The molecule has 0 atom stereocenters. The Morgan fingerprint density at radius 3 is 2.52 bits per heavy atom. The summed E-state index contributed by atoms with van der Waals surface area (Å²) in [6.45, 7) is 2.58. The number of rotatable bonds is 11. The molecule has 4 rings (SSSR count). The van der Waals surface area contributed by atoms with Gasteiger partial charge < -0.3 is 26.7 Å². The first-order valence-corrected chi connectivity index (χ1v) is 13.5. The fraction of sp³-hybridized carbons (Fsp3) is 0.346. The fourth-order valence-corrected chi connectivity index (χ4v) is 5.14. The summed E-state index contributed by atoms with van der Waals surface area (Å²) in [5.41, 5.74) is 12.9. The molecule has 14 heteroatoms. The molecule has 0 bridgehead atoms. The zero-order valence-corrected chi connectivity index (χ0v) is 23.1. The van der Waals surface area contributed by atoms with Crippen LogP contribution >= 0.6 is 23.2 Å². The first-order chi connectivity index (χ1) is 19.1. The number of piperidine rings is 1. The molecule has 0 unspecified atom stereocenters. The molecular weight excluding hydrogens is 559 g/mol. The number of nitrogen functional groups attached to an aromatic ring is 1. The molecule has 6 N–H and O–H groups in total. The van der Waals surface area contributed by atoms with Crippen molar-refractivity contribution >= 4 is 58.0 Å². The lowest BCUT2D eigenvalue weighted by atomic mass is 9.96. The van der Waals surface area contributed by atoms with Crippen molar-refractivity contribution < 1.29 is 14.5 Å². The van der Waals surface area contributed by atoms with Gasteiger partial charge in [-0.1, -0.05) is 29.3 Å². The second-order valence-electron chi connectivity index (χ2n) is 9.59. The molecule has 3 heterocycles. The quantitative estimate of drug-likeness (QED) is 0.148. The lowest BCUT2D eigenvalue weighted by molar-refractivity contribution is -0.384. The van der Waals surface area contributed by atoms with Gasteiger partial charge in [-0.3, -0.25) is 24.6 Å². The highest BCUT2D eigenvalue weighted by molar-refractivity contribution is 6.36. The lowest BCUT2D eigenvalue weighted by Gasteiger charge is -2.29. The van der Waals surface area contributed by atoms with Crippen molar-refractivity contribution in [3.63, 3.8) is 0 Å². The molecule has 0 saturated carbocycles. The molecule has 0 spiro atoms. The van der Waals surface area contributed by atoms with Gasteiger partial charge in [-0.05, 0) is 50.6 Å². The highest BCUT2D eigenvalue weighted by Gasteiger charge is 2.25. The van der Waals surface area contributed by atoms with Gasteiger partial charge in [0.25, 0.3) is 0 Å². The van der Waals surface area contributed by atoms with Crippen LogP contribution in [-0.2, 0) is 16.1 Å². The van der Waals surface area contributed by atoms with Crippen LogP contribution in [0.1, 0.15) is 19.3 Å². The van der Waals surface area contributed by atoms with Crippen molar-refractivity contribution in [1.82, 2.24) is 14.5 Å². The van der Waals surface area contributed by atoms with Crippen LogP contribution < -0.4 is 22.1 Å². The minimum atomic E-state index is -0.578. The Labute approximate surface area is 240 Å².